The molecule has 0 aliphatic carbocycles. The molecule has 0 atom stereocenters. The summed E-state index contributed by atoms with van der Waals surface area (Å²) in [5.41, 5.74) is 0.996. The fourth-order valence-corrected chi connectivity index (χ4v) is 3.20. The van der Waals surface area contributed by atoms with Gasteiger partial charge in [0.25, 0.3) is 0 Å². The quantitative estimate of drug-likeness (QED) is 0.574. The van der Waals surface area contributed by atoms with Crippen LogP contribution in [0.5, 0.6) is 0 Å². The predicted octanol–water partition coefficient (Wildman–Crippen LogP) is 0.804. The molecule has 74 valence electrons. The molecule has 0 saturated heterocycles. The van der Waals surface area contributed by atoms with E-state index in [0.717, 1.165) is 5.56 Å². The van der Waals surface area contributed by atoms with Gasteiger partial charge in [0.1, 0.15) is 0 Å². The van der Waals surface area contributed by atoms with Gasteiger partial charge in [0.05, 0.1) is 9.52 Å². The summed E-state index contributed by atoms with van der Waals surface area (Å²) in [5, 5.41) is 10.0. The Morgan fingerprint density at radius 3 is 2.33 bits per heavy atom. The largest absolute Gasteiger partial charge is 0.308 e. The van der Waals surface area contributed by atoms with Crippen molar-refractivity contribution in [2.45, 2.75) is 0 Å². The molecule has 0 bridgehead atoms. The zero-order valence-electron chi connectivity index (χ0n) is 8.48. The van der Waals surface area contributed by atoms with E-state index in [9.17, 15) is 0 Å². The van der Waals surface area contributed by atoms with Crippen molar-refractivity contribution >= 4 is 26.1 Å². The summed E-state index contributed by atoms with van der Waals surface area (Å²) >= 11 is 0. The Morgan fingerprint density at radius 2 is 1.60 bits per heavy atom. The van der Waals surface area contributed by atoms with E-state index in [1.54, 1.807) is 0 Å². The molecule has 0 unspecified atom stereocenters. The lowest BCUT2D eigenvalue weighted by atomic mass is 10.2. The van der Waals surface area contributed by atoms with E-state index in [-0.39, 0.29) is 9.52 Å². The molecule has 2 rings (SSSR count). The van der Waals surface area contributed by atoms with Gasteiger partial charge in [-0.1, -0.05) is 65.0 Å². The van der Waals surface area contributed by atoms with Crippen LogP contribution in [0.4, 0.5) is 0 Å². The summed E-state index contributed by atoms with van der Waals surface area (Å²) in [6.07, 6.45) is 1.41. The van der Waals surface area contributed by atoms with E-state index in [4.69, 9.17) is 5.41 Å². The van der Waals surface area contributed by atoms with Gasteiger partial charge < -0.3 is 5.41 Å². The van der Waals surface area contributed by atoms with Crippen molar-refractivity contribution in [1.29, 1.82) is 5.41 Å². The van der Waals surface area contributed by atoms with Crippen LogP contribution >= 0.6 is 0 Å². The molecule has 2 aromatic carbocycles. The number of nitrogens with one attached hydrogen (secondary N) is 1. The van der Waals surface area contributed by atoms with E-state index in [1.165, 1.54) is 16.6 Å². The molecule has 0 spiro atoms. The third-order valence-corrected chi connectivity index (χ3v) is 4.10. The maximum atomic E-state index is 7.21. The second-order valence-corrected chi connectivity index (χ2v) is 5.54. The maximum Gasteiger partial charge on any atom is 0.0875 e. The summed E-state index contributed by atoms with van der Waals surface area (Å²) in [6, 6.07) is 18.9. The summed E-state index contributed by atoms with van der Waals surface area (Å²) in [4.78, 5) is 0. The van der Waals surface area contributed by atoms with E-state index in [1.807, 2.05) is 18.2 Å². The molecular formula is C13H13NSi. The topological polar surface area (TPSA) is 23.9 Å². The number of hydrogen-bond acceptors (Lipinski definition) is 1. The van der Waals surface area contributed by atoms with Crippen LogP contribution in [0.2, 0.25) is 0 Å². The van der Waals surface area contributed by atoms with Crippen molar-refractivity contribution < 1.29 is 0 Å². The Balaban J connectivity index is 2.21. The summed E-state index contributed by atoms with van der Waals surface area (Å²) in [5.74, 6) is 0. The van der Waals surface area contributed by atoms with Crippen molar-refractivity contribution in [2.75, 3.05) is 0 Å². The predicted molar refractivity (Wildman–Crippen MR) is 68.6 cm³/mol. The van der Waals surface area contributed by atoms with Gasteiger partial charge in [-0.05, 0) is 5.56 Å². The molecule has 2 aromatic rings. The van der Waals surface area contributed by atoms with Crippen molar-refractivity contribution in [3.8, 4) is 0 Å². The standard InChI is InChI=1S/C13H13NSi/c14-10-11-5-4-8-13(9-11)15-12-6-2-1-3-7-12/h1-10,14H,15H2. The van der Waals surface area contributed by atoms with Crippen LogP contribution in [0.3, 0.4) is 0 Å². The van der Waals surface area contributed by atoms with Crippen molar-refractivity contribution in [1.82, 2.24) is 0 Å². The maximum absolute atomic E-state index is 7.21. The molecule has 1 N–H and O–H groups in total. The van der Waals surface area contributed by atoms with Crippen LogP contribution in [0.15, 0.2) is 54.6 Å². The van der Waals surface area contributed by atoms with Crippen molar-refractivity contribution in [3.63, 3.8) is 0 Å². The fourth-order valence-electron chi connectivity index (χ4n) is 1.62. The average molecular weight is 211 g/mol. The number of benzene rings is 2. The normalized spacial score (nSPS) is 10.7. The summed E-state index contributed by atoms with van der Waals surface area (Å²) in [7, 11) is -0.368. The number of rotatable bonds is 3. The van der Waals surface area contributed by atoms with Crippen LogP contribution in [0.1, 0.15) is 5.56 Å². The Morgan fingerprint density at radius 1 is 0.867 bits per heavy atom. The molecule has 2 heteroatoms. The van der Waals surface area contributed by atoms with E-state index < -0.39 is 0 Å². The molecule has 0 radical (unpaired) electrons. The van der Waals surface area contributed by atoms with Gasteiger partial charge in [0.15, 0.2) is 0 Å². The molecule has 0 aliphatic rings. The fraction of sp³-hybridized carbons (Fsp3) is 0. The van der Waals surface area contributed by atoms with Crippen molar-refractivity contribution in [2.24, 2.45) is 0 Å². The zero-order valence-corrected chi connectivity index (χ0v) is 9.89. The molecular weight excluding hydrogens is 198 g/mol. The highest BCUT2D eigenvalue weighted by Gasteiger charge is 1.96. The summed E-state index contributed by atoms with van der Waals surface area (Å²) in [6.45, 7) is 0. The van der Waals surface area contributed by atoms with Crippen LogP contribution in [-0.2, 0) is 0 Å². The third-order valence-electron chi connectivity index (χ3n) is 2.37. The monoisotopic (exact) mass is 211 g/mol. The van der Waals surface area contributed by atoms with Gasteiger partial charge in [-0.15, -0.1) is 0 Å². The Bertz CT molecular complexity index is 451. The van der Waals surface area contributed by atoms with Gasteiger partial charge in [0.2, 0.25) is 0 Å². The minimum Gasteiger partial charge on any atom is -0.308 e. The van der Waals surface area contributed by atoms with Gasteiger partial charge in [-0.25, -0.2) is 0 Å². The zero-order chi connectivity index (χ0) is 10.5. The van der Waals surface area contributed by atoms with Gasteiger partial charge in [0, 0.05) is 6.21 Å². The second kappa shape index (κ2) is 4.71. The van der Waals surface area contributed by atoms with Crippen LogP contribution < -0.4 is 10.4 Å². The Hall–Kier alpha value is -1.67. The highest BCUT2D eigenvalue weighted by Crippen LogP contribution is 1.91. The minimum absolute atomic E-state index is 0.368. The lowest BCUT2D eigenvalue weighted by Crippen LogP contribution is -2.26. The van der Waals surface area contributed by atoms with E-state index >= 15 is 0 Å². The first kappa shape index (κ1) is 9.87. The molecule has 0 aromatic heterocycles. The van der Waals surface area contributed by atoms with Crippen LogP contribution in [0.25, 0.3) is 0 Å². The first-order valence-corrected chi connectivity index (χ1v) is 6.43. The summed E-state index contributed by atoms with van der Waals surface area (Å²) < 4.78 is 0. The first-order valence-electron chi connectivity index (χ1n) is 5.02. The molecule has 0 amide bonds. The SMILES string of the molecule is N=Cc1cccc([SiH2]c2ccccc2)c1. The van der Waals surface area contributed by atoms with E-state index in [0.29, 0.717) is 0 Å². The van der Waals surface area contributed by atoms with Crippen LogP contribution in [0, 0.1) is 5.41 Å². The highest BCUT2D eigenvalue weighted by molar-refractivity contribution is 6.67. The average Bonchev–Trinajstić information content (AvgIpc) is 2.31. The molecule has 0 heterocycles. The molecule has 0 fully saturated rings. The Kier molecular flexibility index (Phi) is 3.10. The lowest BCUT2D eigenvalue weighted by Gasteiger charge is -2.01. The highest BCUT2D eigenvalue weighted by atomic mass is 28.2. The van der Waals surface area contributed by atoms with Crippen molar-refractivity contribution in [3.05, 3.63) is 60.2 Å². The second-order valence-electron chi connectivity index (χ2n) is 3.55. The van der Waals surface area contributed by atoms with Gasteiger partial charge in [-0.2, -0.15) is 0 Å². The van der Waals surface area contributed by atoms with E-state index in [2.05, 4.69) is 36.4 Å². The molecule has 0 aliphatic heterocycles. The van der Waals surface area contributed by atoms with Gasteiger partial charge in [-0.3, -0.25) is 0 Å². The number of hydrogen-bond donors (Lipinski definition) is 1. The molecule has 1 nitrogen and oxygen atoms in total. The molecule has 15 heavy (non-hydrogen) atoms. The minimum atomic E-state index is -0.368. The molecule has 0 saturated carbocycles. The first-order chi connectivity index (χ1) is 7.38. The smallest absolute Gasteiger partial charge is 0.0875 e. The Labute approximate surface area is 92.1 Å². The van der Waals surface area contributed by atoms with Crippen LogP contribution in [-0.4, -0.2) is 15.7 Å². The van der Waals surface area contributed by atoms with Gasteiger partial charge >= 0.3 is 0 Å². The third kappa shape index (κ3) is 2.64. The lowest BCUT2D eigenvalue weighted by molar-refractivity contribution is 1.55.